The smallest absolute Gasteiger partial charge is 0.254 e. The topological polar surface area (TPSA) is 202 Å². The van der Waals surface area contributed by atoms with Gasteiger partial charge in [0.2, 0.25) is 17.7 Å². The number of β-amino-alcohol motifs (C(OH)–C–C–N with tert-alkyl or cyclic N) is 1. The molecule has 0 unspecified atom stereocenters. The van der Waals surface area contributed by atoms with Crippen LogP contribution in [-0.4, -0.2) is 96.8 Å². The Bertz CT molecular complexity index is 2400. The second-order valence-electron chi connectivity index (χ2n) is 15.9. The van der Waals surface area contributed by atoms with Gasteiger partial charge in [-0.1, -0.05) is 67.5 Å². The fraction of sp³-hybridized carbons (Fsp3) is 0.400. The van der Waals surface area contributed by atoms with Crippen molar-refractivity contribution in [3.05, 3.63) is 113 Å². The third-order valence-electron chi connectivity index (χ3n) is 11.6. The SMILES string of the molecule is CC[C@@H](CN1C[C@H](Oc2cc([C@@H](CC)C(=O)N3C[C@H](O)C[C@H]3C(=O)NCc3ccc(-c4cnco4)cc3)on2)C[C@H]1C(=O)NCc1ccc(-c2cncs2)cc1)c1cc(C)no1. The summed E-state index contributed by atoms with van der Waals surface area (Å²) >= 11 is 1.58. The number of hydrogen-bond donors (Lipinski definition) is 3. The molecular weight excluding hydrogens is 813 g/mol. The van der Waals surface area contributed by atoms with E-state index in [2.05, 4.69) is 42.7 Å². The molecule has 0 bridgehead atoms. The van der Waals surface area contributed by atoms with Gasteiger partial charge < -0.3 is 38.8 Å². The predicted molar refractivity (Wildman–Crippen MR) is 228 cm³/mol. The zero-order valence-corrected chi connectivity index (χ0v) is 35.6. The number of rotatable bonds is 17. The molecule has 0 radical (unpaired) electrons. The lowest BCUT2D eigenvalue weighted by atomic mass is 10.0. The summed E-state index contributed by atoms with van der Waals surface area (Å²) in [7, 11) is 0. The van der Waals surface area contributed by atoms with Crippen LogP contribution in [-0.2, 0) is 27.5 Å². The number of nitrogens with zero attached hydrogens (tertiary/aromatic N) is 6. The number of amides is 3. The highest BCUT2D eigenvalue weighted by Gasteiger charge is 2.43. The Morgan fingerprint density at radius 3 is 2.19 bits per heavy atom. The maximum Gasteiger partial charge on any atom is 0.254 e. The van der Waals surface area contributed by atoms with Crippen molar-refractivity contribution in [2.24, 2.45) is 0 Å². The summed E-state index contributed by atoms with van der Waals surface area (Å²) < 4.78 is 23.1. The first-order valence-electron chi connectivity index (χ1n) is 21.0. The number of carbonyl (C=O) groups is 3. The molecule has 2 aliphatic rings. The minimum atomic E-state index is -0.859. The number of aliphatic hydroxyl groups is 1. The van der Waals surface area contributed by atoms with Gasteiger partial charge in [-0.05, 0) is 41.6 Å². The molecule has 17 heteroatoms. The standard InChI is InChI=1S/C45H50N8O8S/c1-4-30(38-14-27(3)50-60-38)22-52-24-34(16-36(52)43(55)48-18-29-8-12-32(13-9-29)41-21-47-26-62-41)59-42-17-39(61-51-42)35(5-2)45(57)53-23-33(54)15-37(53)44(56)49-19-28-6-10-31(11-7-28)40-20-46-25-58-40/h6-14,17,20-21,25-26,30,33-37,54H,4-5,15-16,18-19,22-24H2,1-3H3,(H,48,55)(H,49,56)/t30-,33+,34+,35+,36-,37-/m0/s1. The van der Waals surface area contributed by atoms with Gasteiger partial charge in [0.15, 0.2) is 17.9 Å². The lowest BCUT2D eigenvalue weighted by Gasteiger charge is -2.26. The molecule has 0 spiro atoms. The van der Waals surface area contributed by atoms with E-state index < -0.39 is 30.2 Å². The summed E-state index contributed by atoms with van der Waals surface area (Å²) in [5, 5.41) is 25.0. The number of carbonyl (C=O) groups excluding carboxylic acids is 3. The van der Waals surface area contributed by atoms with E-state index in [1.165, 1.54) is 11.3 Å². The predicted octanol–water partition coefficient (Wildman–Crippen LogP) is 5.85. The molecule has 6 heterocycles. The third kappa shape index (κ3) is 9.80. The van der Waals surface area contributed by atoms with E-state index in [9.17, 15) is 19.5 Å². The highest BCUT2D eigenvalue weighted by atomic mass is 32.1. The summed E-state index contributed by atoms with van der Waals surface area (Å²) in [5.74, 6) is 0.310. The van der Waals surface area contributed by atoms with Crippen molar-refractivity contribution in [1.82, 2.24) is 40.7 Å². The van der Waals surface area contributed by atoms with E-state index >= 15 is 0 Å². The Hall–Kier alpha value is -6.17. The van der Waals surface area contributed by atoms with Gasteiger partial charge in [0.1, 0.15) is 17.9 Å². The maximum absolute atomic E-state index is 14.1. The first-order valence-corrected chi connectivity index (χ1v) is 21.8. The second kappa shape index (κ2) is 19.3. The molecule has 62 heavy (non-hydrogen) atoms. The first-order chi connectivity index (χ1) is 30.1. The number of aliphatic hydroxyl groups excluding tert-OH is 1. The molecule has 2 fully saturated rings. The average molecular weight is 863 g/mol. The Morgan fingerprint density at radius 2 is 1.56 bits per heavy atom. The number of benzene rings is 2. The van der Waals surface area contributed by atoms with Gasteiger partial charge in [0.05, 0.1) is 40.3 Å². The maximum atomic E-state index is 14.1. The number of aromatic nitrogens is 4. The number of ether oxygens (including phenoxy) is 1. The quantitative estimate of drug-likeness (QED) is 0.0987. The average Bonchev–Trinajstić information content (AvgIpc) is 4.15. The van der Waals surface area contributed by atoms with Crippen LogP contribution in [0, 0.1) is 6.92 Å². The van der Waals surface area contributed by atoms with Gasteiger partial charge in [-0.3, -0.25) is 24.3 Å². The summed E-state index contributed by atoms with van der Waals surface area (Å²) in [6.45, 7) is 7.44. The van der Waals surface area contributed by atoms with Crippen LogP contribution in [0.2, 0.25) is 0 Å². The monoisotopic (exact) mass is 862 g/mol. The van der Waals surface area contributed by atoms with Gasteiger partial charge in [0.25, 0.3) is 5.88 Å². The Balaban J connectivity index is 0.905. The van der Waals surface area contributed by atoms with Gasteiger partial charge in [-0.25, -0.2) is 4.98 Å². The first kappa shape index (κ1) is 42.5. The van der Waals surface area contributed by atoms with E-state index in [-0.39, 0.29) is 54.8 Å². The van der Waals surface area contributed by atoms with Gasteiger partial charge >= 0.3 is 0 Å². The summed E-state index contributed by atoms with van der Waals surface area (Å²) in [5.41, 5.74) is 6.37. The number of oxazole rings is 1. The fourth-order valence-corrected chi connectivity index (χ4v) is 8.90. The molecule has 4 aromatic heterocycles. The number of likely N-dealkylation sites (tertiary alicyclic amines) is 2. The number of thiazole rings is 1. The van der Waals surface area contributed by atoms with Crippen LogP contribution >= 0.6 is 11.3 Å². The van der Waals surface area contributed by atoms with Crippen LogP contribution in [0.4, 0.5) is 0 Å². The van der Waals surface area contributed by atoms with Gasteiger partial charge in [-0.2, -0.15) is 0 Å². The zero-order valence-electron chi connectivity index (χ0n) is 34.8. The lowest BCUT2D eigenvalue weighted by Crippen LogP contribution is -2.47. The molecule has 6 atom stereocenters. The molecule has 2 saturated heterocycles. The molecule has 3 N–H and O–H groups in total. The molecule has 0 aliphatic carbocycles. The minimum Gasteiger partial charge on any atom is -0.471 e. The van der Waals surface area contributed by atoms with Crippen molar-refractivity contribution in [2.45, 2.75) is 95.7 Å². The molecule has 8 rings (SSSR count). The van der Waals surface area contributed by atoms with Crippen LogP contribution in [0.5, 0.6) is 5.88 Å². The van der Waals surface area contributed by atoms with Crippen molar-refractivity contribution in [3.8, 4) is 27.6 Å². The third-order valence-corrected chi connectivity index (χ3v) is 12.5. The molecule has 324 valence electrons. The summed E-state index contributed by atoms with van der Waals surface area (Å²) in [6, 6.07) is 17.8. The Labute approximate surface area is 362 Å². The molecule has 0 saturated carbocycles. The normalized spacial score (nSPS) is 20.0. The van der Waals surface area contributed by atoms with Crippen LogP contribution in [0.25, 0.3) is 21.8 Å². The van der Waals surface area contributed by atoms with E-state index in [1.54, 1.807) is 29.1 Å². The van der Waals surface area contributed by atoms with Crippen LogP contribution in [0.3, 0.4) is 0 Å². The Kier molecular flexibility index (Phi) is 13.2. The van der Waals surface area contributed by atoms with E-state index in [1.807, 2.05) is 74.6 Å². The van der Waals surface area contributed by atoms with Crippen LogP contribution in [0.1, 0.15) is 79.7 Å². The minimum absolute atomic E-state index is 0.00635. The van der Waals surface area contributed by atoms with Crippen molar-refractivity contribution in [1.29, 1.82) is 0 Å². The highest BCUT2D eigenvalue weighted by molar-refractivity contribution is 7.13. The van der Waals surface area contributed by atoms with E-state index in [0.29, 0.717) is 38.2 Å². The van der Waals surface area contributed by atoms with Crippen molar-refractivity contribution in [2.75, 3.05) is 19.6 Å². The van der Waals surface area contributed by atoms with Crippen molar-refractivity contribution < 1.29 is 37.7 Å². The van der Waals surface area contributed by atoms with Crippen LogP contribution in [0.15, 0.2) is 98.4 Å². The number of aryl methyl sites for hydroxylation is 1. The van der Waals surface area contributed by atoms with E-state index in [0.717, 1.165) is 45.0 Å². The molecular formula is C45H50N8O8S. The molecule has 16 nitrogen and oxygen atoms in total. The number of nitrogens with one attached hydrogen (secondary N) is 2. The van der Waals surface area contributed by atoms with Gasteiger partial charge in [0, 0.05) is 75.4 Å². The molecule has 2 aromatic carbocycles. The lowest BCUT2D eigenvalue weighted by molar-refractivity contribution is -0.140. The highest BCUT2D eigenvalue weighted by Crippen LogP contribution is 2.33. The fourth-order valence-electron chi connectivity index (χ4n) is 8.27. The molecule has 6 aromatic rings. The molecule has 2 aliphatic heterocycles. The summed E-state index contributed by atoms with van der Waals surface area (Å²) in [6.07, 6.45) is 5.23. The van der Waals surface area contributed by atoms with Crippen molar-refractivity contribution in [3.63, 3.8) is 0 Å². The van der Waals surface area contributed by atoms with Gasteiger partial charge in [-0.15, -0.1) is 11.3 Å². The largest absolute Gasteiger partial charge is 0.471 e. The molecule has 3 amide bonds. The van der Waals surface area contributed by atoms with E-state index in [4.69, 9.17) is 18.2 Å². The summed E-state index contributed by atoms with van der Waals surface area (Å²) in [4.78, 5) is 54.2. The van der Waals surface area contributed by atoms with Crippen LogP contribution < -0.4 is 15.4 Å². The zero-order chi connectivity index (χ0) is 43.2. The van der Waals surface area contributed by atoms with Crippen molar-refractivity contribution >= 4 is 29.1 Å². The second-order valence-corrected chi connectivity index (χ2v) is 16.8. The Morgan fingerprint density at radius 1 is 0.855 bits per heavy atom. The number of hydrogen-bond acceptors (Lipinski definition) is 14.